The van der Waals surface area contributed by atoms with Gasteiger partial charge in [0.05, 0.1) is 6.04 Å². The molecule has 0 aliphatic rings. The Labute approximate surface area is 120 Å². The van der Waals surface area contributed by atoms with Crippen LogP contribution in [0.2, 0.25) is 0 Å². The fourth-order valence-corrected chi connectivity index (χ4v) is 2.41. The summed E-state index contributed by atoms with van der Waals surface area (Å²) in [4.78, 5) is 12.4. The molecule has 0 spiro atoms. The summed E-state index contributed by atoms with van der Waals surface area (Å²) in [6, 6.07) is 16.1. The van der Waals surface area contributed by atoms with Crippen LogP contribution in [-0.2, 0) is 0 Å². The normalized spacial score (nSPS) is 11.9. The zero-order chi connectivity index (χ0) is 14.5. The van der Waals surface area contributed by atoms with Gasteiger partial charge in [-0.25, -0.2) is 0 Å². The molecule has 2 nitrogen and oxygen atoms in total. The molecule has 0 heterocycles. The van der Waals surface area contributed by atoms with E-state index < -0.39 is 0 Å². The van der Waals surface area contributed by atoms with Gasteiger partial charge in [-0.3, -0.25) is 4.79 Å². The molecule has 0 unspecified atom stereocenters. The van der Waals surface area contributed by atoms with Crippen molar-refractivity contribution in [2.24, 2.45) is 0 Å². The highest BCUT2D eigenvalue weighted by Crippen LogP contribution is 2.18. The van der Waals surface area contributed by atoms with Crippen LogP contribution in [0.4, 0.5) is 0 Å². The maximum Gasteiger partial charge on any atom is 0.252 e. The van der Waals surface area contributed by atoms with Crippen LogP contribution in [0.3, 0.4) is 0 Å². The number of carbonyl (C=O) groups excluding carboxylic acids is 1. The van der Waals surface area contributed by atoms with E-state index in [0.29, 0.717) is 0 Å². The molecular weight excluding hydrogens is 246 g/mol. The molecule has 1 amide bonds. The number of hydrogen-bond donors (Lipinski definition) is 1. The lowest BCUT2D eigenvalue weighted by molar-refractivity contribution is 0.0935. The van der Waals surface area contributed by atoms with Crippen molar-refractivity contribution < 1.29 is 4.79 Å². The van der Waals surface area contributed by atoms with Gasteiger partial charge in [-0.2, -0.15) is 0 Å². The van der Waals surface area contributed by atoms with E-state index in [1.54, 1.807) is 0 Å². The van der Waals surface area contributed by atoms with Crippen LogP contribution >= 0.6 is 0 Å². The summed E-state index contributed by atoms with van der Waals surface area (Å²) in [5.74, 6) is -0.00166. The molecule has 0 radical (unpaired) electrons. The zero-order valence-corrected chi connectivity index (χ0v) is 12.3. The quantitative estimate of drug-likeness (QED) is 0.884. The van der Waals surface area contributed by atoms with E-state index in [-0.39, 0.29) is 11.9 Å². The summed E-state index contributed by atoms with van der Waals surface area (Å²) in [6.07, 6.45) is 0.876. The van der Waals surface area contributed by atoms with Gasteiger partial charge in [0, 0.05) is 5.56 Å². The third-order valence-electron chi connectivity index (χ3n) is 3.54. The summed E-state index contributed by atoms with van der Waals surface area (Å²) in [7, 11) is 0. The van der Waals surface area contributed by atoms with Crippen molar-refractivity contribution in [2.75, 3.05) is 0 Å². The lowest BCUT2D eigenvalue weighted by Gasteiger charge is -2.18. The summed E-state index contributed by atoms with van der Waals surface area (Å²) in [5, 5.41) is 3.12. The fourth-order valence-electron chi connectivity index (χ4n) is 2.41. The highest BCUT2D eigenvalue weighted by molar-refractivity contribution is 5.95. The largest absolute Gasteiger partial charge is 0.345 e. The van der Waals surface area contributed by atoms with Crippen LogP contribution in [0.1, 0.15) is 46.4 Å². The minimum absolute atomic E-state index is 0.00166. The molecule has 0 aliphatic heterocycles. The molecule has 0 saturated heterocycles. The molecule has 2 aromatic carbocycles. The Hall–Kier alpha value is -2.09. The van der Waals surface area contributed by atoms with E-state index in [2.05, 4.69) is 24.4 Å². The molecule has 20 heavy (non-hydrogen) atoms. The van der Waals surface area contributed by atoms with Gasteiger partial charge in [0.2, 0.25) is 0 Å². The smallest absolute Gasteiger partial charge is 0.252 e. The first-order valence-electron chi connectivity index (χ1n) is 7.05. The summed E-state index contributed by atoms with van der Waals surface area (Å²) < 4.78 is 0. The predicted octanol–water partition coefficient (Wildman–Crippen LogP) is 4.18. The van der Waals surface area contributed by atoms with E-state index in [1.807, 2.05) is 50.2 Å². The number of carbonyl (C=O) groups is 1. The molecule has 2 aromatic rings. The number of nitrogens with one attached hydrogen (secondary N) is 1. The van der Waals surface area contributed by atoms with Gasteiger partial charge in [-0.05, 0) is 37.5 Å². The SMILES string of the molecule is CC[C@H](NC(=O)c1ccc(C)cc1C)c1ccccc1. The van der Waals surface area contributed by atoms with Gasteiger partial charge in [-0.15, -0.1) is 0 Å². The molecule has 1 atom stereocenters. The first kappa shape index (κ1) is 14.3. The van der Waals surface area contributed by atoms with Crippen molar-refractivity contribution in [2.45, 2.75) is 33.2 Å². The second-order valence-electron chi connectivity index (χ2n) is 5.16. The van der Waals surface area contributed by atoms with Gasteiger partial charge in [0.1, 0.15) is 0 Å². The summed E-state index contributed by atoms with van der Waals surface area (Å²) in [6.45, 7) is 6.10. The zero-order valence-electron chi connectivity index (χ0n) is 12.3. The van der Waals surface area contributed by atoms with Crippen molar-refractivity contribution >= 4 is 5.91 Å². The minimum Gasteiger partial charge on any atom is -0.345 e. The Bertz CT molecular complexity index is 590. The number of benzene rings is 2. The lowest BCUT2D eigenvalue weighted by atomic mass is 10.0. The van der Waals surface area contributed by atoms with Crippen molar-refractivity contribution in [1.82, 2.24) is 5.32 Å². The van der Waals surface area contributed by atoms with E-state index in [4.69, 9.17) is 0 Å². The van der Waals surface area contributed by atoms with Gasteiger partial charge in [0.15, 0.2) is 0 Å². The van der Waals surface area contributed by atoms with Crippen LogP contribution in [0, 0.1) is 13.8 Å². The molecule has 104 valence electrons. The van der Waals surface area contributed by atoms with Crippen LogP contribution in [0.15, 0.2) is 48.5 Å². The highest BCUT2D eigenvalue weighted by Gasteiger charge is 2.15. The molecule has 0 bridgehead atoms. The third-order valence-corrected chi connectivity index (χ3v) is 3.54. The van der Waals surface area contributed by atoms with Crippen molar-refractivity contribution in [3.63, 3.8) is 0 Å². The first-order chi connectivity index (χ1) is 9.61. The summed E-state index contributed by atoms with van der Waals surface area (Å²) >= 11 is 0. The Morgan fingerprint density at radius 2 is 1.80 bits per heavy atom. The predicted molar refractivity (Wildman–Crippen MR) is 82.9 cm³/mol. The first-order valence-corrected chi connectivity index (χ1v) is 7.05. The highest BCUT2D eigenvalue weighted by atomic mass is 16.1. The van der Waals surface area contributed by atoms with Gasteiger partial charge < -0.3 is 5.32 Å². The molecule has 2 heteroatoms. The Morgan fingerprint density at radius 1 is 1.10 bits per heavy atom. The molecular formula is C18H21NO. The van der Waals surface area contributed by atoms with E-state index in [9.17, 15) is 4.79 Å². The topological polar surface area (TPSA) is 29.1 Å². The second kappa shape index (κ2) is 6.38. The fraction of sp³-hybridized carbons (Fsp3) is 0.278. The van der Waals surface area contributed by atoms with Crippen molar-refractivity contribution in [3.8, 4) is 0 Å². The molecule has 2 rings (SSSR count). The number of amides is 1. The molecule has 0 aromatic heterocycles. The lowest BCUT2D eigenvalue weighted by Crippen LogP contribution is -2.28. The molecule has 0 fully saturated rings. The second-order valence-corrected chi connectivity index (χ2v) is 5.16. The standard InChI is InChI=1S/C18H21NO/c1-4-17(15-8-6-5-7-9-15)19-18(20)16-11-10-13(2)12-14(16)3/h5-12,17H,4H2,1-3H3,(H,19,20)/t17-/m0/s1. The van der Waals surface area contributed by atoms with Gasteiger partial charge in [-0.1, -0.05) is 55.0 Å². The number of rotatable bonds is 4. The van der Waals surface area contributed by atoms with E-state index in [0.717, 1.165) is 23.1 Å². The van der Waals surface area contributed by atoms with Crippen LogP contribution in [-0.4, -0.2) is 5.91 Å². The molecule has 0 aliphatic carbocycles. The average molecular weight is 267 g/mol. The van der Waals surface area contributed by atoms with Crippen molar-refractivity contribution in [3.05, 3.63) is 70.8 Å². The van der Waals surface area contributed by atoms with Crippen LogP contribution < -0.4 is 5.32 Å². The monoisotopic (exact) mass is 267 g/mol. The van der Waals surface area contributed by atoms with Crippen LogP contribution in [0.5, 0.6) is 0 Å². The van der Waals surface area contributed by atoms with Gasteiger partial charge in [0.25, 0.3) is 5.91 Å². The molecule has 0 saturated carbocycles. The Balaban J connectivity index is 2.17. The van der Waals surface area contributed by atoms with E-state index >= 15 is 0 Å². The molecule has 1 N–H and O–H groups in total. The van der Waals surface area contributed by atoms with E-state index in [1.165, 1.54) is 5.56 Å². The maximum atomic E-state index is 12.4. The van der Waals surface area contributed by atoms with Gasteiger partial charge >= 0.3 is 0 Å². The number of aryl methyl sites for hydroxylation is 2. The Morgan fingerprint density at radius 3 is 2.40 bits per heavy atom. The minimum atomic E-state index is -0.00166. The summed E-state index contributed by atoms with van der Waals surface area (Å²) in [5.41, 5.74) is 4.10. The average Bonchev–Trinajstić information content (AvgIpc) is 2.45. The Kier molecular flexibility index (Phi) is 4.57. The van der Waals surface area contributed by atoms with Crippen LogP contribution in [0.25, 0.3) is 0 Å². The number of hydrogen-bond acceptors (Lipinski definition) is 1. The maximum absolute atomic E-state index is 12.4. The third kappa shape index (κ3) is 3.27. The van der Waals surface area contributed by atoms with Crippen molar-refractivity contribution in [1.29, 1.82) is 0 Å².